The smallest absolute Gasteiger partial charge is 0.260 e. The van der Waals surface area contributed by atoms with Gasteiger partial charge < -0.3 is 4.74 Å². The molecule has 0 bridgehead atoms. The number of anilines is 1. The second-order valence-electron chi connectivity index (χ2n) is 9.40. The number of fused-ring (bicyclic) bond motifs is 1. The maximum Gasteiger partial charge on any atom is 0.260 e. The monoisotopic (exact) mass is 550 g/mol. The van der Waals surface area contributed by atoms with Gasteiger partial charge in [-0.3, -0.25) is 14.7 Å². The van der Waals surface area contributed by atoms with Crippen molar-refractivity contribution in [1.82, 2.24) is 14.3 Å². The molecule has 4 aromatic rings. The van der Waals surface area contributed by atoms with Gasteiger partial charge in [-0.25, -0.2) is 13.4 Å². The number of para-hydroxylation sites is 1. The van der Waals surface area contributed by atoms with Gasteiger partial charge in [-0.2, -0.15) is 4.31 Å². The summed E-state index contributed by atoms with van der Waals surface area (Å²) in [6.45, 7) is 5.87. The second-order valence-corrected chi connectivity index (χ2v) is 12.3. The van der Waals surface area contributed by atoms with Gasteiger partial charge in [0.15, 0.2) is 5.13 Å². The van der Waals surface area contributed by atoms with Crippen LogP contribution in [0.2, 0.25) is 0 Å². The minimum absolute atomic E-state index is 0.198. The lowest BCUT2D eigenvalue weighted by Gasteiger charge is -2.29. The van der Waals surface area contributed by atoms with E-state index in [1.807, 2.05) is 37.3 Å². The molecule has 0 N–H and O–H groups in total. The van der Waals surface area contributed by atoms with Crippen molar-refractivity contribution in [3.8, 4) is 5.75 Å². The molecule has 1 saturated heterocycles. The molecular weight excluding hydrogens is 520 g/mol. The number of pyridine rings is 1. The van der Waals surface area contributed by atoms with Crippen molar-refractivity contribution in [3.05, 3.63) is 78.1 Å². The number of hydrogen-bond acceptors (Lipinski definition) is 7. The molecule has 0 spiro atoms. The molecule has 0 atom stereocenters. The van der Waals surface area contributed by atoms with Gasteiger partial charge in [0.2, 0.25) is 10.0 Å². The molecular formula is C28H30N4O4S2. The predicted molar refractivity (Wildman–Crippen MR) is 149 cm³/mol. The fourth-order valence-electron chi connectivity index (χ4n) is 4.50. The number of benzene rings is 2. The van der Waals surface area contributed by atoms with Gasteiger partial charge in [0.25, 0.3) is 5.91 Å². The third kappa shape index (κ3) is 5.43. The molecule has 1 fully saturated rings. The fourth-order valence-corrected chi connectivity index (χ4v) is 6.95. The van der Waals surface area contributed by atoms with E-state index in [0.29, 0.717) is 47.6 Å². The van der Waals surface area contributed by atoms with Crippen LogP contribution in [0.1, 0.15) is 42.6 Å². The Balaban J connectivity index is 1.46. The van der Waals surface area contributed by atoms with Crippen LogP contribution in [0.3, 0.4) is 0 Å². The van der Waals surface area contributed by atoms with Gasteiger partial charge >= 0.3 is 0 Å². The average Bonchev–Trinajstić information content (AvgIpc) is 3.37. The van der Waals surface area contributed by atoms with Gasteiger partial charge in [0, 0.05) is 31.0 Å². The van der Waals surface area contributed by atoms with E-state index < -0.39 is 10.0 Å². The van der Waals surface area contributed by atoms with E-state index in [-0.39, 0.29) is 17.3 Å². The van der Waals surface area contributed by atoms with Crippen LogP contribution in [0, 0.1) is 5.92 Å². The molecule has 38 heavy (non-hydrogen) atoms. The number of carbonyl (C=O) groups excluding carboxylic acids is 1. The second kappa shape index (κ2) is 11.2. The van der Waals surface area contributed by atoms with Crippen LogP contribution in [0.5, 0.6) is 5.75 Å². The first-order valence-electron chi connectivity index (χ1n) is 12.7. The third-order valence-corrected chi connectivity index (χ3v) is 9.65. The van der Waals surface area contributed by atoms with Crippen molar-refractivity contribution in [2.45, 2.75) is 38.1 Å². The summed E-state index contributed by atoms with van der Waals surface area (Å²) in [6.07, 6.45) is 5.11. The summed E-state index contributed by atoms with van der Waals surface area (Å²) in [5.41, 5.74) is 1.93. The number of sulfonamides is 1. The topological polar surface area (TPSA) is 92.7 Å². The summed E-state index contributed by atoms with van der Waals surface area (Å²) in [6, 6.07) is 15.7. The number of aromatic nitrogens is 2. The lowest BCUT2D eigenvalue weighted by atomic mass is 10.0. The van der Waals surface area contributed by atoms with Crippen LogP contribution < -0.4 is 9.64 Å². The fraction of sp³-hybridized carbons (Fsp3) is 0.321. The minimum Gasteiger partial charge on any atom is -0.492 e. The highest BCUT2D eigenvalue weighted by Gasteiger charge is 2.29. The Kier molecular flexibility index (Phi) is 7.73. The lowest BCUT2D eigenvalue weighted by Crippen LogP contribution is -2.37. The van der Waals surface area contributed by atoms with E-state index in [2.05, 4.69) is 11.9 Å². The maximum atomic E-state index is 13.8. The average molecular weight is 551 g/mol. The Morgan fingerprint density at radius 3 is 2.55 bits per heavy atom. The quantitative estimate of drug-likeness (QED) is 0.293. The van der Waals surface area contributed by atoms with Crippen LogP contribution >= 0.6 is 11.3 Å². The van der Waals surface area contributed by atoms with Crippen molar-refractivity contribution in [2.24, 2.45) is 5.92 Å². The number of nitrogens with zero attached hydrogens (tertiary/aromatic N) is 4. The SMILES string of the molecule is CCOc1cccc2sc(N(Cc3cccnc3)C(=O)c3ccc(S(=O)(=O)N4CCC(C)CC4)cc3)nc12. The zero-order valence-electron chi connectivity index (χ0n) is 21.4. The van der Waals surface area contributed by atoms with E-state index in [1.54, 1.807) is 29.4 Å². The van der Waals surface area contributed by atoms with E-state index in [9.17, 15) is 13.2 Å². The molecule has 198 valence electrons. The molecule has 5 rings (SSSR count). The first kappa shape index (κ1) is 26.3. The van der Waals surface area contributed by atoms with E-state index in [0.717, 1.165) is 23.1 Å². The Bertz CT molecular complexity index is 1510. The van der Waals surface area contributed by atoms with Gasteiger partial charge in [0.1, 0.15) is 11.3 Å². The molecule has 2 aromatic heterocycles. The lowest BCUT2D eigenvalue weighted by molar-refractivity contribution is 0.0985. The van der Waals surface area contributed by atoms with E-state index >= 15 is 0 Å². The van der Waals surface area contributed by atoms with Crippen LogP contribution in [0.25, 0.3) is 10.2 Å². The molecule has 0 saturated carbocycles. The van der Waals surface area contributed by atoms with E-state index in [1.165, 1.54) is 27.8 Å². The minimum atomic E-state index is -3.60. The molecule has 3 heterocycles. The van der Waals surface area contributed by atoms with Gasteiger partial charge in [-0.05, 0) is 73.7 Å². The number of piperidine rings is 1. The largest absolute Gasteiger partial charge is 0.492 e. The summed E-state index contributed by atoms with van der Waals surface area (Å²) in [7, 11) is -3.60. The Morgan fingerprint density at radius 2 is 1.87 bits per heavy atom. The summed E-state index contributed by atoms with van der Waals surface area (Å²) in [4.78, 5) is 24.6. The Labute approximate surface area is 227 Å². The highest BCUT2D eigenvalue weighted by atomic mass is 32.2. The number of thiazole rings is 1. The molecule has 2 aromatic carbocycles. The van der Waals surface area contributed by atoms with Crippen LogP contribution in [-0.4, -0.2) is 48.3 Å². The van der Waals surface area contributed by atoms with Gasteiger partial charge in [-0.1, -0.05) is 30.4 Å². The molecule has 0 unspecified atom stereocenters. The van der Waals surface area contributed by atoms with Crippen LogP contribution in [-0.2, 0) is 16.6 Å². The Hall–Kier alpha value is -3.34. The molecule has 0 radical (unpaired) electrons. The summed E-state index contributed by atoms with van der Waals surface area (Å²) >= 11 is 1.40. The zero-order valence-corrected chi connectivity index (χ0v) is 23.0. The molecule has 1 amide bonds. The van der Waals surface area contributed by atoms with Gasteiger partial charge in [0.05, 0.1) is 22.7 Å². The number of carbonyl (C=O) groups is 1. The third-order valence-electron chi connectivity index (χ3n) is 6.69. The molecule has 8 nitrogen and oxygen atoms in total. The standard InChI is InChI=1S/C28H30N4O4S2/c1-3-36-24-7-4-8-25-26(24)30-28(37-25)32(19-21-6-5-15-29-18-21)27(33)22-9-11-23(12-10-22)38(34,35)31-16-13-20(2)14-17-31/h4-12,15,18,20H,3,13-14,16-17,19H2,1-2H3. The first-order valence-corrected chi connectivity index (χ1v) is 15.0. The van der Waals surface area contributed by atoms with Crippen molar-refractivity contribution >= 4 is 42.6 Å². The summed E-state index contributed by atoms with van der Waals surface area (Å²) in [5, 5.41) is 0.528. The van der Waals surface area contributed by atoms with Crippen molar-refractivity contribution in [1.29, 1.82) is 0 Å². The van der Waals surface area contributed by atoms with Crippen LogP contribution in [0.4, 0.5) is 5.13 Å². The molecule has 10 heteroatoms. The highest BCUT2D eigenvalue weighted by molar-refractivity contribution is 7.89. The van der Waals surface area contributed by atoms with Crippen molar-refractivity contribution in [3.63, 3.8) is 0 Å². The van der Waals surface area contributed by atoms with Gasteiger partial charge in [-0.15, -0.1) is 0 Å². The number of rotatable bonds is 8. The number of hydrogen-bond donors (Lipinski definition) is 0. The first-order chi connectivity index (χ1) is 18.4. The molecule has 1 aliphatic heterocycles. The number of amides is 1. The highest BCUT2D eigenvalue weighted by Crippen LogP contribution is 2.35. The predicted octanol–water partition coefficient (Wildman–Crippen LogP) is 5.36. The molecule has 1 aliphatic rings. The number of ether oxygens (including phenoxy) is 1. The van der Waals surface area contributed by atoms with Crippen molar-refractivity contribution in [2.75, 3.05) is 24.6 Å². The summed E-state index contributed by atoms with van der Waals surface area (Å²) < 4.78 is 34.5. The van der Waals surface area contributed by atoms with Crippen molar-refractivity contribution < 1.29 is 17.9 Å². The normalized spacial score (nSPS) is 15.0. The molecule has 0 aliphatic carbocycles. The Morgan fingerprint density at radius 1 is 1.11 bits per heavy atom. The summed E-state index contributed by atoms with van der Waals surface area (Å²) in [5.74, 6) is 0.920. The van der Waals surface area contributed by atoms with Crippen LogP contribution in [0.15, 0.2) is 71.9 Å². The van der Waals surface area contributed by atoms with E-state index in [4.69, 9.17) is 9.72 Å². The zero-order chi connectivity index (χ0) is 26.7. The maximum absolute atomic E-state index is 13.8.